The van der Waals surface area contributed by atoms with Crippen molar-refractivity contribution in [3.05, 3.63) is 0 Å². The van der Waals surface area contributed by atoms with E-state index in [9.17, 15) is 34.2 Å². The molecule has 1 amide bonds. The molecular weight excluding hydrogens is 478 g/mol. The minimum atomic E-state index is -1.17. The number of ether oxygens (including phenoxy) is 1. The first kappa shape index (κ1) is 31.2. The van der Waals surface area contributed by atoms with E-state index in [0.717, 1.165) is 0 Å². The van der Waals surface area contributed by atoms with Crippen LogP contribution in [0, 0.1) is 0 Å². The lowest BCUT2D eigenvalue weighted by Gasteiger charge is -2.33. The van der Waals surface area contributed by atoms with Crippen LogP contribution >= 0.6 is 0 Å². The quantitative estimate of drug-likeness (QED) is 0.232. The normalized spacial score (nSPS) is 18.0. The van der Waals surface area contributed by atoms with E-state index >= 15 is 0 Å². The summed E-state index contributed by atoms with van der Waals surface area (Å²) >= 11 is 0. The summed E-state index contributed by atoms with van der Waals surface area (Å²) in [5.41, 5.74) is -0.666. The van der Waals surface area contributed by atoms with Crippen molar-refractivity contribution >= 4 is 29.8 Å². The summed E-state index contributed by atoms with van der Waals surface area (Å²) < 4.78 is 5.42. The monoisotopic (exact) mass is 517 g/mol. The van der Waals surface area contributed by atoms with Crippen LogP contribution in [0.25, 0.3) is 0 Å². The highest BCUT2D eigenvalue weighted by atomic mass is 16.6. The highest BCUT2D eigenvalue weighted by molar-refractivity contribution is 5.82. The number of carboxylic acid groups (broad SMARTS) is 3. The third-order valence-electron chi connectivity index (χ3n) is 5.22. The molecule has 0 bridgehead atoms. The number of carbonyl (C=O) groups is 5. The van der Waals surface area contributed by atoms with E-state index in [-0.39, 0.29) is 26.2 Å². The van der Waals surface area contributed by atoms with E-state index in [1.807, 2.05) is 4.90 Å². The minimum Gasteiger partial charge on any atom is -0.480 e. The maximum atomic E-state index is 12.4. The molecule has 1 heterocycles. The Kier molecular flexibility index (Phi) is 13.3. The Morgan fingerprint density at radius 3 is 1.33 bits per heavy atom. The van der Waals surface area contributed by atoms with Crippen LogP contribution in [0.4, 0.5) is 0 Å². The average Bonchev–Trinajstić information content (AvgIpc) is 2.72. The Morgan fingerprint density at radius 1 is 0.639 bits per heavy atom. The second-order valence-electron chi connectivity index (χ2n) is 9.65. The number of nitrogens with zero attached hydrogens (tertiary/aromatic N) is 4. The number of esters is 1. The molecular formula is C22H39N5O9. The van der Waals surface area contributed by atoms with Crippen LogP contribution in [0.15, 0.2) is 0 Å². The molecule has 1 fully saturated rings. The first-order valence-corrected chi connectivity index (χ1v) is 11.8. The molecule has 206 valence electrons. The highest BCUT2D eigenvalue weighted by Gasteiger charge is 2.23. The van der Waals surface area contributed by atoms with E-state index < -0.39 is 41.9 Å². The zero-order valence-corrected chi connectivity index (χ0v) is 21.3. The zero-order chi connectivity index (χ0) is 27.3. The van der Waals surface area contributed by atoms with Crippen molar-refractivity contribution in [2.75, 3.05) is 85.1 Å². The van der Waals surface area contributed by atoms with E-state index in [1.54, 1.807) is 35.5 Å². The van der Waals surface area contributed by atoms with Gasteiger partial charge in [-0.05, 0) is 20.8 Å². The van der Waals surface area contributed by atoms with Crippen LogP contribution in [-0.4, -0.2) is 155 Å². The van der Waals surface area contributed by atoms with Crippen LogP contribution < -0.4 is 5.32 Å². The smallest absolute Gasteiger partial charge is 0.322 e. The molecule has 1 aliphatic heterocycles. The van der Waals surface area contributed by atoms with E-state index in [0.29, 0.717) is 52.4 Å². The SMILES string of the molecule is CC(C)(C)OC(=O)CN1CCN(CC(=O)O)CCN(CC(=O)O)CCN(CC(=O)NCC(=O)O)CC1. The van der Waals surface area contributed by atoms with Gasteiger partial charge in [-0.2, -0.15) is 0 Å². The summed E-state index contributed by atoms with van der Waals surface area (Å²) in [5, 5.41) is 29.7. The Morgan fingerprint density at radius 2 is 1.00 bits per heavy atom. The Balaban J connectivity index is 3.01. The van der Waals surface area contributed by atoms with Crippen LogP contribution in [0.3, 0.4) is 0 Å². The van der Waals surface area contributed by atoms with Crippen molar-refractivity contribution in [2.45, 2.75) is 26.4 Å². The lowest BCUT2D eigenvalue weighted by atomic mass is 10.2. The standard InChI is InChI=1S/C22H39N5O9/c1-22(2,3)36-21(35)16-27-10-5-24(13-17(28)23-12-18(29)30)4-6-25(14-19(31)32)7-8-26(9-11-27)15-20(33)34/h4-16H2,1-3H3,(H,23,28)(H,29,30)(H,31,32)(H,33,34). The van der Waals surface area contributed by atoms with Crippen molar-refractivity contribution in [3.63, 3.8) is 0 Å². The van der Waals surface area contributed by atoms with Gasteiger partial charge in [0.15, 0.2) is 0 Å². The molecule has 0 aromatic heterocycles. The van der Waals surface area contributed by atoms with Crippen LogP contribution in [-0.2, 0) is 28.7 Å². The number of hydrogen-bond acceptors (Lipinski definition) is 10. The maximum absolute atomic E-state index is 12.4. The number of rotatable bonds is 10. The predicted molar refractivity (Wildman–Crippen MR) is 128 cm³/mol. The van der Waals surface area contributed by atoms with Crippen LogP contribution in [0.5, 0.6) is 0 Å². The number of aliphatic carboxylic acids is 3. The molecule has 1 saturated heterocycles. The third kappa shape index (κ3) is 15.2. The van der Waals surface area contributed by atoms with Gasteiger partial charge < -0.3 is 25.4 Å². The first-order valence-electron chi connectivity index (χ1n) is 11.8. The van der Waals surface area contributed by atoms with Gasteiger partial charge in [0.25, 0.3) is 0 Å². The summed E-state index contributed by atoms with van der Waals surface area (Å²) in [6, 6.07) is 0. The summed E-state index contributed by atoms with van der Waals surface area (Å²) in [4.78, 5) is 65.0. The van der Waals surface area contributed by atoms with Crippen LogP contribution in [0.2, 0.25) is 0 Å². The molecule has 36 heavy (non-hydrogen) atoms. The van der Waals surface area contributed by atoms with E-state index in [2.05, 4.69) is 5.32 Å². The maximum Gasteiger partial charge on any atom is 0.322 e. The van der Waals surface area contributed by atoms with Gasteiger partial charge in [-0.15, -0.1) is 0 Å². The second kappa shape index (κ2) is 15.3. The van der Waals surface area contributed by atoms with Gasteiger partial charge in [0.1, 0.15) is 12.1 Å². The lowest BCUT2D eigenvalue weighted by molar-refractivity contribution is -0.156. The average molecular weight is 518 g/mol. The van der Waals surface area contributed by atoms with Gasteiger partial charge in [-0.3, -0.25) is 43.6 Å². The fraction of sp³-hybridized carbons (Fsp3) is 0.773. The van der Waals surface area contributed by atoms with Gasteiger partial charge in [-0.25, -0.2) is 0 Å². The minimum absolute atomic E-state index is 0.0254. The Hall–Kier alpha value is -2.81. The molecule has 0 radical (unpaired) electrons. The molecule has 0 aromatic carbocycles. The molecule has 14 heteroatoms. The number of carboxylic acids is 3. The van der Waals surface area contributed by atoms with Crippen molar-refractivity contribution in [2.24, 2.45) is 0 Å². The molecule has 4 N–H and O–H groups in total. The fourth-order valence-electron chi connectivity index (χ4n) is 3.58. The molecule has 1 aliphatic rings. The zero-order valence-electron chi connectivity index (χ0n) is 21.3. The van der Waals surface area contributed by atoms with Gasteiger partial charge in [0.05, 0.1) is 26.2 Å². The Labute approximate surface area is 210 Å². The number of amides is 1. The van der Waals surface area contributed by atoms with Gasteiger partial charge in [0.2, 0.25) is 5.91 Å². The van der Waals surface area contributed by atoms with Crippen molar-refractivity contribution in [1.29, 1.82) is 0 Å². The van der Waals surface area contributed by atoms with E-state index in [4.69, 9.17) is 9.84 Å². The molecule has 0 saturated carbocycles. The molecule has 14 nitrogen and oxygen atoms in total. The van der Waals surface area contributed by atoms with Crippen LogP contribution in [0.1, 0.15) is 20.8 Å². The fourth-order valence-corrected chi connectivity index (χ4v) is 3.58. The second-order valence-corrected chi connectivity index (χ2v) is 9.65. The topological polar surface area (TPSA) is 180 Å². The summed E-state index contributed by atoms with van der Waals surface area (Å²) in [6.07, 6.45) is 0. The van der Waals surface area contributed by atoms with Crippen molar-refractivity contribution in [1.82, 2.24) is 24.9 Å². The highest BCUT2D eigenvalue weighted by Crippen LogP contribution is 2.08. The molecule has 0 aliphatic carbocycles. The van der Waals surface area contributed by atoms with Crippen molar-refractivity contribution in [3.8, 4) is 0 Å². The number of nitrogens with one attached hydrogen (secondary N) is 1. The summed E-state index contributed by atoms with van der Waals surface area (Å²) in [7, 11) is 0. The van der Waals surface area contributed by atoms with Gasteiger partial charge >= 0.3 is 23.9 Å². The molecule has 0 unspecified atom stereocenters. The number of hydrogen-bond donors (Lipinski definition) is 4. The van der Waals surface area contributed by atoms with E-state index in [1.165, 1.54) is 0 Å². The Bertz CT molecular complexity index is 771. The van der Waals surface area contributed by atoms with Gasteiger partial charge in [-0.1, -0.05) is 0 Å². The molecule has 0 atom stereocenters. The molecule has 0 aromatic rings. The summed E-state index contributed by atoms with van der Waals surface area (Å²) in [5.74, 6) is -4.12. The predicted octanol–water partition coefficient (Wildman–Crippen LogP) is -2.08. The first-order chi connectivity index (χ1) is 16.7. The largest absolute Gasteiger partial charge is 0.480 e. The molecule has 1 rings (SSSR count). The lowest BCUT2D eigenvalue weighted by Crippen LogP contribution is -2.50. The third-order valence-corrected chi connectivity index (χ3v) is 5.22. The van der Waals surface area contributed by atoms with Crippen molar-refractivity contribution < 1.29 is 44.0 Å². The molecule has 0 spiro atoms. The number of carbonyl (C=O) groups excluding carboxylic acids is 2. The summed E-state index contributed by atoms with van der Waals surface area (Å²) in [6.45, 7) is 6.75. The van der Waals surface area contributed by atoms with Gasteiger partial charge in [0, 0.05) is 52.4 Å².